The molecule has 15 heavy (non-hydrogen) atoms. The van der Waals surface area contributed by atoms with Crippen LogP contribution in [-0.2, 0) is 6.54 Å². The number of benzene rings is 1. The Morgan fingerprint density at radius 2 is 2.07 bits per heavy atom. The number of nitrogen functional groups attached to an aromatic ring is 1. The zero-order valence-electron chi connectivity index (χ0n) is 8.58. The van der Waals surface area contributed by atoms with Crippen LogP contribution in [0.5, 0.6) is 0 Å². The summed E-state index contributed by atoms with van der Waals surface area (Å²) in [5, 5.41) is 0. The van der Waals surface area contributed by atoms with E-state index in [2.05, 4.69) is 4.90 Å². The van der Waals surface area contributed by atoms with Crippen molar-refractivity contribution in [3.63, 3.8) is 0 Å². The summed E-state index contributed by atoms with van der Waals surface area (Å²) in [6.45, 7) is 2.76. The molecular formula is C11H15FN2S. The Hall–Kier alpha value is -0.740. The molecule has 4 heteroatoms. The summed E-state index contributed by atoms with van der Waals surface area (Å²) >= 11 is 1.96. The SMILES string of the molecule is Nc1cccc(CN2CCSCC2)c1F. The molecule has 0 atom stereocenters. The lowest BCUT2D eigenvalue weighted by molar-refractivity contribution is 0.290. The van der Waals surface area contributed by atoms with E-state index in [9.17, 15) is 4.39 Å². The first-order chi connectivity index (χ1) is 7.27. The van der Waals surface area contributed by atoms with Gasteiger partial charge in [0, 0.05) is 36.7 Å². The maximum atomic E-state index is 13.6. The lowest BCUT2D eigenvalue weighted by atomic mass is 10.1. The molecule has 1 aliphatic heterocycles. The van der Waals surface area contributed by atoms with Crippen LogP contribution < -0.4 is 5.73 Å². The van der Waals surface area contributed by atoms with Gasteiger partial charge in [0.15, 0.2) is 5.82 Å². The third kappa shape index (κ3) is 2.63. The molecular weight excluding hydrogens is 211 g/mol. The number of thioether (sulfide) groups is 1. The van der Waals surface area contributed by atoms with Crippen LogP contribution in [0.1, 0.15) is 5.56 Å². The van der Waals surface area contributed by atoms with E-state index >= 15 is 0 Å². The quantitative estimate of drug-likeness (QED) is 0.782. The summed E-state index contributed by atoms with van der Waals surface area (Å²) in [5.74, 6) is 2.03. The van der Waals surface area contributed by atoms with Crippen LogP contribution in [-0.4, -0.2) is 29.5 Å². The van der Waals surface area contributed by atoms with Crippen LogP contribution in [0.3, 0.4) is 0 Å². The van der Waals surface area contributed by atoms with Crippen molar-refractivity contribution in [3.05, 3.63) is 29.6 Å². The predicted octanol–water partition coefficient (Wildman–Crippen LogP) is 1.96. The van der Waals surface area contributed by atoms with Gasteiger partial charge in [-0.1, -0.05) is 12.1 Å². The molecule has 0 bridgehead atoms. The molecule has 2 rings (SSSR count). The van der Waals surface area contributed by atoms with E-state index in [0.717, 1.165) is 24.6 Å². The predicted molar refractivity (Wildman–Crippen MR) is 63.4 cm³/mol. The molecule has 0 saturated carbocycles. The Morgan fingerprint density at radius 3 is 2.80 bits per heavy atom. The van der Waals surface area contributed by atoms with E-state index in [1.54, 1.807) is 6.07 Å². The minimum Gasteiger partial charge on any atom is -0.396 e. The van der Waals surface area contributed by atoms with Crippen LogP contribution in [0.25, 0.3) is 0 Å². The minimum atomic E-state index is -0.254. The molecule has 1 heterocycles. The fraction of sp³-hybridized carbons (Fsp3) is 0.455. The number of halogens is 1. The van der Waals surface area contributed by atoms with Gasteiger partial charge < -0.3 is 5.73 Å². The Morgan fingerprint density at radius 1 is 1.33 bits per heavy atom. The second-order valence-electron chi connectivity index (χ2n) is 3.71. The Bertz CT molecular complexity index is 337. The van der Waals surface area contributed by atoms with Gasteiger partial charge in [-0.05, 0) is 6.07 Å². The average molecular weight is 226 g/mol. The summed E-state index contributed by atoms with van der Waals surface area (Å²) in [7, 11) is 0. The fourth-order valence-electron chi connectivity index (χ4n) is 1.72. The maximum absolute atomic E-state index is 13.6. The molecule has 0 aliphatic carbocycles. The smallest absolute Gasteiger partial charge is 0.150 e. The maximum Gasteiger partial charge on any atom is 0.150 e. The molecule has 1 aromatic rings. The van der Waals surface area contributed by atoms with Gasteiger partial charge >= 0.3 is 0 Å². The Balaban J connectivity index is 2.06. The normalized spacial score (nSPS) is 17.9. The monoisotopic (exact) mass is 226 g/mol. The van der Waals surface area contributed by atoms with Gasteiger partial charge in [0.25, 0.3) is 0 Å². The first kappa shape index (κ1) is 10.8. The fourth-order valence-corrected chi connectivity index (χ4v) is 2.70. The number of hydrogen-bond acceptors (Lipinski definition) is 3. The van der Waals surface area contributed by atoms with Crippen LogP contribution >= 0.6 is 11.8 Å². The highest BCUT2D eigenvalue weighted by Crippen LogP contribution is 2.18. The molecule has 2 N–H and O–H groups in total. The van der Waals surface area contributed by atoms with Gasteiger partial charge in [-0.25, -0.2) is 4.39 Å². The highest BCUT2D eigenvalue weighted by Gasteiger charge is 2.13. The molecule has 0 unspecified atom stereocenters. The second kappa shape index (κ2) is 4.86. The van der Waals surface area contributed by atoms with Crippen molar-refractivity contribution in [2.45, 2.75) is 6.54 Å². The lowest BCUT2D eigenvalue weighted by Crippen LogP contribution is -2.32. The van der Waals surface area contributed by atoms with Gasteiger partial charge in [0.05, 0.1) is 5.69 Å². The summed E-state index contributed by atoms with van der Waals surface area (Å²) in [6, 6.07) is 5.23. The molecule has 1 saturated heterocycles. The van der Waals surface area contributed by atoms with Crippen molar-refractivity contribution in [1.29, 1.82) is 0 Å². The van der Waals surface area contributed by atoms with Crippen LogP contribution in [0.15, 0.2) is 18.2 Å². The van der Waals surface area contributed by atoms with Crippen LogP contribution in [0, 0.1) is 5.82 Å². The molecule has 0 spiro atoms. The standard InChI is InChI=1S/C11H15FN2S/c12-11-9(2-1-3-10(11)13)8-14-4-6-15-7-5-14/h1-3H,4-8,13H2. The summed E-state index contributed by atoms with van der Waals surface area (Å²) in [5.41, 5.74) is 6.49. The molecule has 1 fully saturated rings. The molecule has 0 aromatic heterocycles. The van der Waals surface area contributed by atoms with Gasteiger partial charge in [-0.15, -0.1) is 0 Å². The van der Waals surface area contributed by atoms with Crippen molar-refractivity contribution < 1.29 is 4.39 Å². The molecule has 1 aliphatic rings. The van der Waals surface area contributed by atoms with E-state index < -0.39 is 0 Å². The van der Waals surface area contributed by atoms with Crippen molar-refractivity contribution >= 4 is 17.4 Å². The lowest BCUT2D eigenvalue weighted by Gasteiger charge is -2.26. The van der Waals surface area contributed by atoms with Crippen molar-refractivity contribution in [2.75, 3.05) is 30.3 Å². The van der Waals surface area contributed by atoms with E-state index in [0.29, 0.717) is 12.1 Å². The molecule has 2 nitrogen and oxygen atoms in total. The Kier molecular flexibility index (Phi) is 3.49. The van der Waals surface area contributed by atoms with E-state index in [1.807, 2.05) is 23.9 Å². The van der Waals surface area contributed by atoms with Crippen LogP contribution in [0.2, 0.25) is 0 Å². The van der Waals surface area contributed by atoms with Crippen molar-refractivity contribution in [1.82, 2.24) is 4.90 Å². The number of hydrogen-bond donors (Lipinski definition) is 1. The zero-order chi connectivity index (χ0) is 10.7. The number of anilines is 1. The largest absolute Gasteiger partial charge is 0.396 e. The topological polar surface area (TPSA) is 29.3 Å². The van der Waals surface area contributed by atoms with Crippen LogP contribution in [0.4, 0.5) is 10.1 Å². The minimum absolute atomic E-state index is 0.249. The number of nitrogens with zero attached hydrogens (tertiary/aromatic N) is 1. The van der Waals surface area contributed by atoms with E-state index in [-0.39, 0.29) is 11.5 Å². The first-order valence-electron chi connectivity index (χ1n) is 5.10. The molecule has 1 aromatic carbocycles. The van der Waals surface area contributed by atoms with Gasteiger partial charge in [-0.2, -0.15) is 11.8 Å². The molecule has 0 amide bonds. The van der Waals surface area contributed by atoms with Crippen molar-refractivity contribution in [2.24, 2.45) is 0 Å². The summed E-state index contributed by atoms with van der Waals surface area (Å²) < 4.78 is 13.6. The Labute approximate surface area is 93.6 Å². The van der Waals surface area contributed by atoms with Gasteiger partial charge in [0.2, 0.25) is 0 Å². The molecule has 0 radical (unpaired) electrons. The highest BCUT2D eigenvalue weighted by molar-refractivity contribution is 7.99. The summed E-state index contributed by atoms with van der Waals surface area (Å²) in [4.78, 5) is 2.27. The summed E-state index contributed by atoms with van der Waals surface area (Å²) in [6.07, 6.45) is 0. The zero-order valence-corrected chi connectivity index (χ0v) is 9.39. The number of nitrogens with two attached hydrogens (primary N) is 1. The molecule has 82 valence electrons. The average Bonchev–Trinajstić information content (AvgIpc) is 2.26. The third-order valence-corrected chi connectivity index (χ3v) is 3.55. The second-order valence-corrected chi connectivity index (χ2v) is 4.93. The number of rotatable bonds is 2. The first-order valence-corrected chi connectivity index (χ1v) is 6.26. The van der Waals surface area contributed by atoms with Gasteiger partial charge in [-0.3, -0.25) is 4.90 Å². The van der Waals surface area contributed by atoms with Crippen molar-refractivity contribution in [3.8, 4) is 0 Å². The van der Waals surface area contributed by atoms with Gasteiger partial charge in [0.1, 0.15) is 0 Å². The highest BCUT2D eigenvalue weighted by atomic mass is 32.2. The van der Waals surface area contributed by atoms with E-state index in [1.165, 1.54) is 0 Å². The van der Waals surface area contributed by atoms with E-state index in [4.69, 9.17) is 5.73 Å². The third-order valence-electron chi connectivity index (χ3n) is 2.61.